The van der Waals surface area contributed by atoms with Gasteiger partial charge in [0.2, 0.25) is 0 Å². The molecule has 0 aliphatic carbocycles. The number of hydrogen-bond acceptors (Lipinski definition) is 4. The Kier molecular flexibility index (Phi) is 4.18. The molecule has 1 aromatic carbocycles. The van der Waals surface area contributed by atoms with Gasteiger partial charge in [-0.2, -0.15) is 0 Å². The number of ether oxygens (including phenoxy) is 2. The molecule has 6 heteroatoms. The lowest BCUT2D eigenvalue weighted by molar-refractivity contribution is 0.0715. The van der Waals surface area contributed by atoms with Crippen molar-refractivity contribution >= 4 is 6.03 Å². The van der Waals surface area contributed by atoms with Crippen molar-refractivity contribution in [1.29, 1.82) is 0 Å². The van der Waals surface area contributed by atoms with Crippen LogP contribution in [-0.4, -0.2) is 37.2 Å². The Bertz CT molecular complexity index is 627. The summed E-state index contributed by atoms with van der Waals surface area (Å²) in [6.07, 6.45) is 1.39. The lowest BCUT2D eigenvalue weighted by Crippen LogP contribution is -2.45. The van der Waals surface area contributed by atoms with Gasteiger partial charge >= 0.3 is 6.03 Å². The first-order valence-corrected chi connectivity index (χ1v) is 7.12. The van der Waals surface area contributed by atoms with Crippen LogP contribution in [0.25, 0.3) is 0 Å². The van der Waals surface area contributed by atoms with E-state index in [1.165, 1.54) is 0 Å². The van der Waals surface area contributed by atoms with Gasteiger partial charge in [-0.25, -0.2) is 4.79 Å². The fourth-order valence-electron chi connectivity index (χ4n) is 2.25. The Balaban J connectivity index is 1.49. The summed E-state index contributed by atoms with van der Waals surface area (Å²) in [5, 5.41) is 2.79. The molecule has 0 fully saturated rings. The number of fused-ring (bicyclic) bond motifs is 1. The molecule has 2 amide bonds. The number of para-hydroxylation sites is 2. The molecule has 2 aromatic rings. The molecule has 22 heavy (non-hydrogen) atoms. The van der Waals surface area contributed by atoms with Crippen molar-refractivity contribution < 1.29 is 18.7 Å². The Morgan fingerprint density at radius 1 is 1.27 bits per heavy atom. The van der Waals surface area contributed by atoms with Crippen LogP contribution in [-0.2, 0) is 6.54 Å². The predicted molar refractivity (Wildman–Crippen MR) is 79.9 cm³/mol. The largest absolute Gasteiger partial charge is 0.486 e. The van der Waals surface area contributed by atoms with Crippen LogP contribution in [0, 0.1) is 0 Å². The fourth-order valence-corrected chi connectivity index (χ4v) is 2.25. The number of nitrogens with zero attached hydrogens (tertiary/aromatic N) is 1. The highest BCUT2D eigenvalue weighted by atomic mass is 16.6. The SMILES string of the molecule is CN(CC1COc2ccccc2O1)C(=O)NCc1ccco1. The number of urea groups is 1. The third kappa shape index (κ3) is 3.33. The molecular weight excluding hydrogens is 284 g/mol. The van der Waals surface area contributed by atoms with Gasteiger partial charge in [0, 0.05) is 7.05 Å². The average Bonchev–Trinajstić information content (AvgIpc) is 3.06. The Labute approximate surface area is 128 Å². The lowest BCUT2D eigenvalue weighted by Gasteiger charge is -2.29. The number of amides is 2. The Morgan fingerprint density at radius 2 is 2.09 bits per heavy atom. The highest BCUT2D eigenvalue weighted by Gasteiger charge is 2.23. The minimum Gasteiger partial charge on any atom is -0.486 e. The molecule has 1 unspecified atom stereocenters. The highest BCUT2D eigenvalue weighted by molar-refractivity contribution is 5.73. The normalized spacial score (nSPS) is 16.1. The monoisotopic (exact) mass is 302 g/mol. The Hall–Kier alpha value is -2.63. The smallest absolute Gasteiger partial charge is 0.317 e. The summed E-state index contributed by atoms with van der Waals surface area (Å²) in [5.74, 6) is 2.17. The van der Waals surface area contributed by atoms with Crippen molar-refractivity contribution in [2.45, 2.75) is 12.6 Å². The minimum absolute atomic E-state index is 0.182. The molecule has 116 valence electrons. The molecule has 1 N–H and O–H groups in total. The maximum absolute atomic E-state index is 12.0. The third-order valence-electron chi connectivity index (χ3n) is 3.39. The molecule has 1 aromatic heterocycles. The van der Waals surface area contributed by atoms with Crippen molar-refractivity contribution in [3.63, 3.8) is 0 Å². The van der Waals surface area contributed by atoms with E-state index in [4.69, 9.17) is 13.9 Å². The summed E-state index contributed by atoms with van der Waals surface area (Å²) >= 11 is 0. The van der Waals surface area contributed by atoms with E-state index in [1.807, 2.05) is 30.3 Å². The van der Waals surface area contributed by atoms with Crippen LogP contribution >= 0.6 is 0 Å². The summed E-state index contributed by atoms with van der Waals surface area (Å²) in [6, 6.07) is 10.9. The van der Waals surface area contributed by atoms with Gasteiger partial charge in [-0.05, 0) is 24.3 Å². The van der Waals surface area contributed by atoms with E-state index < -0.39 is 0 Å². The molecule has 0 spiro atoms. The van der Waals surface area contributed by atoms with Crippen LogP contribution in [0.15, 0.2) is 47.1 Å². The second-order valence-corrected chi connectivity index (χ2v) is 5.12. The van der Waals surface area contributed by atoms with Gasteiger partial charge in [-0.1, -0.05) is 12.1 Å². The maximum atomic E-state index is 12.0. The lowest BCUT2D eigenvalue weighted by atomic mass is 10.2. The first kappa shape index (κ1) is 14.3. The second-order valence-electron chi connectivity index (χ2n) is 5.12. The van der Waals surface area contributed by atoms with Crippen molar-refractivity contribution in [2.24, 2.45) is 0 Å². The summed E-state index contributed by atoms with van der Waals surface area (Å²) in [5.41, 5.74) is 0. The van der Waals surface area contributed by atoms with Crippen molar-refractivity contribution in [1.82, 2.24) is 10.2 Å². The zero-order chi connectivity index (χ0) is 15.4. The van der Waals surface area contributed by atoms with Gasteiger partial charge in [0.25, 0.3) is 0 Å². The number of carbonyl (C=O) groups excluding carboxylic acids is 1. The van der Waals surface area contributed by atoms with E-state index in [1.54, 1.807) is 24.3 Å². The van der Waals surface area contributed by atoms with E-state index in [0.717, 1.165) is 5.75 Å². The van der Waals surface area contributed by atoms with E-state index in [2.05, 4.69) is 5.32 Å². The first-order chi connectivity index (χ1) is 10.7. The number of rotatable bonds is 4. The van der Waals surface area contributed by atoms with Crippen LogP contribution < -0.4 is 14.8 Å². The first-order valence-electron chi connectivity index (χ1n) is 7.12. The van der Waals surface area contributed by atoms with E-state index in [0.29, 0.717) is 31.2 Å². The van der Waals surface area contributed by atoms with Gasteiger partial charge in [0.05, 0.1) is 19.4 Å². The quantitative estimate of drug-likeness (QED) is 0.941. The number of likely N-dealkylation sites (N-methyl/N-ethyl adjacent to an activating group) is 1. The molecular formula is C16H18N2O4. The fraction of sp³-hybridized carbons (Fsp3) is 0.312. The number of hydrogen-bond donors (Lipinski definition) is 1. The number of furan rings is 1. The molecule has 6 nitrogen and oxygen atoms in total. The topological polar surface area (TPSA) is 63.9 Å². The van der Waals surface area contributed by atoms with Crippen LogP contribution in [0.4, 0.5) is 4.79 Å². The number of benzene rings is 1. The maximum Gasteiger partial charge on any atom is 0.317 e. The molecule has 1 aliphatic rings. The molecule has 0 radical (unpaired) electrons. The van der Waals surface area contributed by atoms with Crippen LogP contribution in [0.2, 0.25) is 0 Å². The van der Waals surface area contributed by atoms with E-state index >= 15 is 0 Å². The van der Waals surface area contributed by atoms with Gasteiger partial charge in [0.1, 0.15) is 12.4 Å². The molecule has 1 atom stereocenters. The highest BCUT2D eigenvalue weighted by Crippen LogP contribution is 2.30. The molecule has 1 aliphatic heterocycles. The zero-order valence-corrected chi connectivity index (χ0v) is 12.3. The summed E-state index contributed by atoms with van der Waals surface area (Å²) in [7, 11) is 1.72. The van der Waals surface area contributed by atoms with Crippen LogP contribution in [0.1, 0.15) is 5.76 Å². The average molecular weight is 302 g/mol. The molecule has 0 bridgehead atoms. The summed E-state index contributed by atoms with van der Waals surface area (Å²) in [4.78, 5) is 13.6. The van der Waals surface area contributed by atoms with Gasteiger partial charge in [0.15, 0.2) is 17.6 Å². The third-order valence-corrected chi connectivity index (χ3v) is 3.39. The van der Waals surface area contributed by atoms with Crippen molar-refractivity contribution in [2.75, 3.05) is 20.2 Å². The molecule has 3 rings (SSSR count). The van der Waals surface area contributed by atoms with Crippen LogP contribution in [0.5, 0.6) is 11.5 Å². The van der Waals surface area contributed by atoms with Gasteiger partial charge in [-0.3, -0.25) is 0 Å². The number of carbonyl (C=O) groups is 1. The minimum atomic E-state index is -0.186. The number of nitrogens with one attached hydrogen (secondary N) is 1. The molecule has 0 saturated carbocycles. The summed E-state index contributed by atoms with van der Waals surface area (Å²) < 4.78 is 16.6. The second kappa shape index (κ2) is 6.43. The Morgan fingerprint density at radius 3 is 2.86 bits per heavy atom. The summed E-state index contributed by atoms with van der Waals surface area (Å²) in [6.45, 7) is 1.23. The van der Waals surface area contributed by atoms with Gasteiger partial charge in [-0.15, -0.1) is 0 Å². The van der Waals surface area contributed by atoms with Crippen molar-refractivity contribution in [3.8, 4) is 11.5 Å². The van der Waals surface area contributed by atoms with Gasteiger partial charge < -0.3 is 24.1 Å². The van der Waals surface area contributed by atoms with E-state index in [9.17, 15) is 4.79 Å². The van der Waals surface area contributed by atoms with E-state index in [-0.39, 0.29) is 12.1 Å². The predicted octanol–water partition coefficient (Wildman–Crippen LogP) is 2.26. The standard InChI is InChI=1S/C16H18N2O4/c1-18(16(19)17-9-12-5-4-8-20-12)10-13-11-21-14-6-2-3-7-15(14)22-13/h2-8,13H,9-11H2,1H3,(H,17,19). The van der Waals surface area contributed by atoms with Crippen LogP contribution in [0.3, 0.4) is 0 Å². The molecule has 2 heterocycles. The van der Waals surface area contributed by atoms with Crippen molar-refractivity contribution in [3.05, 3.63) is 48.4 Å². The zero-order valence-electron chi connectivity index (χ0n) is 12.3. The molecule has 0 saturated heterocycles.